The van der Waals surface area contributed by atoms with Gasteiger partial charge in [0.2, 0.25) is 0 Å². The van der Waals surface area contributed by atoms with E-state index >= 15 is 0 Å². The third-order valence-corrected chi connectivity index (χ3v) is 7.82. The van der Waals surface area contributed by atoms with Crippen LogP contribution in [0, 0.1) is 0 Å². The van der Waals surface area contributed by atoms with Crippen molar-refractivity contribution in [2.45, 2.75) is 65.8 Å². The van der Waals surface area contributed by atoms with Crippen molar-refractivity contribution in [2.75, 3.05) is 0 Å². The minimum Gasteiger partial charge on any atom is -0.319 e. The van der Waals surface area contributed by atoms with Crippen LogP contribution in [0.3, 0.4) is 0 Å². The zero-order valence-electron chi connectivity index (χ0n) is 22.0. The van der Waals surface area contributed by atoms with Crippen LogP contribution in [-0.2, 0) is 6.54 Å². The Labute approximate surface area is 208 Å². The van der Waals surface area contributed by atoms with E-state index < -0.39 is 5.89 Å². The monoisotopic (exact) mass is 467 g/mol. The molecule has 0 radical (unpaired) electrons. The molecule has 3 heteroatoms. The molecule has 0 bridgehead atoms. The highest BCUT2D eigenvalue weighted by atomic mass is 32.1. The number of aromatic nitrogens is 2. The molecule has 2 aromatic heterocycles. The predicted molar refractivity (Wildman–Crippen MR) is 148 cm³/mol. The molecule has 5 aromatic rings. The van der Waals surface area contributed by atoms with E-state index in [1.54, 1.807) is 11.3 Å². The first kappa shape index (κ1) is 21.6. The molecule has 3 aromatic carbocycles. The lowest BCUT2D eigenvalue weighted by Crippen LogP contribution is -2.10. The summed E-state index contributed by atoms with van der Waals surface area (Å²) in [7, 11) is 0. The molecule has 2 heterocycles. The maximum absolute atomic E-state index is 8.56. The van der Waals surface area contributed by atoms with Crippen LogP contribution in [0.5, 0.6) is 0 Å². The van der Waals surface area contributed by atoms with Gasteiger partial charge in [-0.2, -0.15) is 0 Å². The standard InChI is InChI=1S/C31H34N2S/c1-19(2)22-14-15-30-25(16-22)27(18-34-30)31-32-28-12-7-8-13-29(28)33(31)17-26-23(20(3)4)10-9-11-24(26)21(5)6/h7-16,18-21H,17H2,1-6H3/i19D. The molecule has 0 spiro atoms. The molecule has 0 saturated carbocycles. The van der Waals surface area contributed by atoms with Crippen LogP contribution in [0.1, 0.15) is 82.9 Å². The summed E-state index contributed by atoms with van der Waals surface area (Å²) in [4.78, 5) is 5.17. The topological polar surface area (TPSA) is 17.8 Å². The largest absolute Gasteiger partial charge is 0.319 e. The van der Waals surface area contributed by atoms with Gasteiger partial charge in [0.25, 0.3) is 0 Å². The van der Waals surface area contributed by atoms with E-state index in [-0.39, 0.29) is 0 Å². The summed E-state index contributed by atoms with van der Waals surface area (Å²) in [6.45, 7) is 13.8. The number of para-hydroxylation sites is 2. The molecule has 2 nitrogen and oxygen atoms in total. The van der Waals surface area contributed by atoms with E-state index in [0.717, 1.165) is 34.5 Å². The van der Waals surface area contributed by atoms with Gasteiger partial charge in [0.1, 0.15) is 5.82 Å². The first-order valence-electron chi connectivity index (χ1n) is 12.7. The molecule has 0 aliphatic carbocycles. The average Bonchev–Trinajstić information content (AvgIpc) is 3.39. The van der Waals surface area contributed by atoms with Crippen molar-refractivity contribution in [3.8, 4) is 11.4 Å². The van der Waals surface area contributed by atoms with Crippen molar-refractivity contribution >= 4 is 32.5 Å². The van der Waals surface area contributed by atoms with Gasteiger partial charge >= 0.3 is 0 Å². The van der Waals surface area contributed by atoms with Crippen molar-refractivity contribution < 1.29 is 1.37 Å². The number of hydrogen-bond donors (Lipinski definition) is 0. The fraction of sp³-hybridized carbons (Fsp3) is 0.323. The van der Waals surface area contributed by atoms with Crippen LogP contribution < -0.4 is 0 Å². The van der Waals surface area contributed by atoms with Crippen LogP contribution >= 0.6 is 11.3 Å². The minimum atomic E-state index is -0.643. The van der Waals surface area contributed by atoms with Gasteiger partial charge in [-0.25, -0.2) is 4.98 Å². The lowest BCUT2D eigenvalue weighted by Gasteiger charge is -2.21. The zero-order valence-corrected chi connectivity index (χ0v) is 21.8. The van der Waals surface area contributed by atoms with Crippen LogP contribution in [0.15, 0.2) is 66.0 Å². The molecule has 0 aliphatic rings. The predicted octanol–water partition coefficient (Wildman–Crippen LogP) is 9.34. The fourth-order valence-electron chi connectivity index (χ4n) is 5.00. The maximum atomic E-state index is 8.56. The number of rotatable bonds is 6. The van der Waals surface area contributed by atoms with Gasteiger partial charge in [-0.1, -0.05) is 77.9 Å². The minimum absolute atomic E-state index is 0.450. The van der Waals surface area contributed by atoms with E-state index in [9.17, 15) is 0 Å². The van der Waals surface area contributed by atoms with Gasteiger partial charge in [-0.3, -0.25) is 0 Å². The SMILES string of the molecule is [2H]C(C)(C)c1ccc2scc(-c3nc4ccccc4n3Cc3c(C(C)C)cccc3C(C)C)c2c1. The van der Waals surface area contributed by atoms with Gasteiger partial charge in [0, 0.05) is 22.4 Å². The van der Waals surface area contributed by atoms with Crippen molar-refractivity contribution in [3.63, 3.8) is 0 Å². The number of thiophene rings is 1. The molecule has 0 atom stereocenters. The normalized spacial score (nSPS) is 12.9. The molecule has 34 heavy (non-hydrogen) atoms. The highest BCUT2D eigenvalue weighted by Gasteiger charge is 2.20. The molecule has 0 aliphatic heterocycles. The Morgan fingerprint density at radius 1 is 0.882 bits per heavy atom. The second kappa shape index (κ2) is 9.03. The summed E-state index contributed by atoms with van der Waals surface area (Å²) in [6, 6.07) is 21.7. The first-order valence-corrected chi connectivity index (χ1v) is 13.1. The van der Waals surface area contributed by atoms with E-state index in [0.29, 0.717) is 11.8 Å². The summed E-state index contributed by atoms with van der Waals surface area (Å²) in [5.41, 5.74) is 8.59. The fourth-order valence-corrected chi connectivity index (χ4v) is 5.92. The second-order valence-electron chi connectivity index (χ2n) is 10.1. The molecule has 5 rings (SSSR count). The van der Waals surface area contributed by atoms with Crippen LogP contribution in [0.25, 0.3) is 32.5 Å². The Hall–Kier alpha value is -2.91. The number of imidazole rings is 1. The van der Waals surface area contributed by atoms with Crippen LogP contribution in [0.2, 0.25) is 0 Å². The molecule has 0 fully saturated rings. The van der Waals surface area contributed by atoms with E-state index in [2.05, 4.69) is 98.3 Å². The molecule has 0 unspecified atom stereocenters. The highest BCUT2D eigenvalue weighted by molar-refractivity contribution is 7.17. The smallest absolute Gasteiger partial charge is 0.142 e. The van der Waals surface area contributed by atoms with Gasteiger partial charge in [0.15, 0.2) is 0 Å². The van der Waals surface area contributed by atoms with E-state index in [1.165, 1.54) is 26.8 Å². The van der Waals surface area contributed by atoms with E-state index in [1.807, 2.05) is 13.8 Å². The maximum Gasteiger partial charge on any atom is 0.142 e. The number of benzene rings is 3. The Morgan fingerprint density at radius 2 is 1.59 bits per heavy atom. The van der Waals surface area contributed by atoms with Crippen molar-refractivity contribution in [1.82, 2.24) is 9.55 Å². The van der Waals surface area contributed by atoms with Crippen LogP contribution in [0.4, 0.5) is 0 Å². The third kappa shape index (κ3) is 3.96. The van der Waals surface area contributed by atoms with Gasteiger partial charge in [0.05, 0.1) is 17.6 Å². The molecule has 0 saturated heterocycles. The quantitative estimate of drug-likeness (QED) is 0.243. The number of nitrogens with zero attached hydrogens (tertiary/aromatic N) is 2. The zero-order chi connectivity index (χ0) is 24.9. The van der Waals surface area contributed by atoms with Crippen molar-refractivity contribution in [2.24, 2.45) is 0 Å². The molecular weight excluding hydrogens is 432 g/mol. The lowest BCUT2D eigenvalue weighted by atomic mass is 9.88. The van der Waals surface area contributed by atoms with Crippen LogP contribution in [-0.4, -0.2) is 9.55 Å². The molecular formula is C31H34N2S. The average molecular weight is 468 g/mol. The molecule has 0 N–H and O–H groups in total. The second-order valence-corrected chi connectivity index (χ2v) is 11.0. The summed E-state index contributed by atoms with van der Waals surface area (Å²) in [6.07, 6.45) is 0. The third-order valence-electron chi connectivity index (χ3n) is 6.86. The Balaban J connectivity index is 1.76. The summed E-state index contributed by atoms with van der Waals surface area (Å²) in [5.74, 6) is 1.26. The Kier molecular flexibility index (Phi) is 5.74. The van der Waals surface area contributed by atoms with Gasteiger partial charge in [-0.05, 0) is 64.2 Å². The molecule has 174 valence electrons. The van der Waals surface area contributed by atoms with Gasteiger partial charge in [-0.15, -0.1) is 11.3 Å². The summed E-state index contributed by atoms with van der Waals surface area (Å²) >= 11 is 1.75. The first-order chi connectivity index (χ1) is 16.6. The number of hydrogen-bond acceptors (Lipinski definition) is 2. The summed E-state index contributed by atoms with van der Waals surface area (Å²) in [5, 5.41) is 3.42. The van der Waals surface area contributed by atoms with Crippen molar-refractivity contribution in [3.05, 3.63) is 88.3 Å². The Morgan fingerprint density at radius 3 is 2.26 bits per heavy atom. The highest BCUT2D eigenvalue weighted by Crippen LogP contribution is 2.38. The lowest BCUT2D eigenvalue weighted by molar-refractivity contribution is 0.750. The van der Waals surface area contributed by atoms with E-state index in [4.69, 9.17) is 6.35 Å². The Bertz CT molecular complexity index is 1490. The number of fused-ring (bicyclic) bond motifs is 2. The van der Waals surface area contributed by atoms with Gasteiger partial charge < -0.3 is 4.57 Å². The summed E-state index contributed by atoms with van der Waals surface area (Å²) < 4.78 is 12.2. The van der Waals surface area contributed by atoms with Crippen molar-refractivity contribution in [1.29, 1.82) is 0 Å². The molecule has 0 amide bonds.